The van der Waals surface area contributed by atoms with Crippen LogP contribution in [-0.2, 0) is 0 Å². The van der Waals surface area contributed by atoms with E-state index in [0.29, 0.717) is 5.82 Å². The smallest absolute Gasteiger partial charge is 0.213 e. The number of nitrogens with zero attached hydrogens (tertiary/aromatic N) is 3. The highest BCUT2D eigenvalue weighted by molar-refractivity contribution is 7.09. The summed E-state index contributed by atoms with van der Waals surface area (Å²) in [5, 5.41) is 6.27. The Morgan fingerprint density at radius 2 is 2.42 bits per heavy atom. The van der Waals surface area contributed by atoms with Crippen molar-refractivity contribution in [3.05, 3.63) is 28.8 Å². The molecule has 0 radical (unpaired) electrons. The monoisotopic (exact) mass is 182 g/mol. The Hall–Kier alpha value is -1.27. The van der Waals surface area contributed by atoms with Crippen LogP contribution in [0.1, 0.15) is 16.9 Å². The summed E-state index contributed by atoms with van der Waals surface area (Å²) in [4.78, 5) is 7.88. The lowest BCUT2D eigenvalue weighted by molar-refractivity contribution is 0.407. The SMILES string of the molecule is NC(c1ncon1)c1nccs1. The molecule has 0 bridgehead atoms. The van der Waals surface area contributed by atoms with Gasteiger partial charge in [-0.15, -0.1) is 11.3 Å². The standard InChI is InChI=1S/C6H6N4OS/c7-4(5-9-3-11-10-5)6-8-1-2-12-6/h1-4H,7H2. The van der Waals surface area contributed by atoms with Gasteiger partial charge in [-0.1, -0.05) is 5.16 Å². The maximum Gasteiger partial charge on any atom is 0.213 e. The van der Waals surface area contributed by atoms with Gasteiger partial charge in [-0.2, -0.15) is 4.98 Å². The van der Waals surface area contributed by atoms with Crippen LogP contribution in [0.15, 0.2) is 22.5 Å². The van der Waals surface area contributed by atoms with E-state index in [2.05, 4.69) is 19.6 Å². The van der Waals surface area contributed by atoms with Crippen molar-refractivity contribution in [2.45, 2.75) is 6.04 Å². The molecule has 1 atom stereocenters. The van der Waals surface area contributed by atoms with Crippen LogP contribution in [-0.4, -0.2) is 15.1 Å². The molecule has 0 aliphatic carbocycles. The van der Waals surface area contributed by atoms with Crippen molar-refractivity contribution < 1.29 is 4.52 Å². The van der Waals surface area contributed by atoms with Gasteiger partial charge in [0.1, 0.15) is 11.0 Å². The van der Waals surface area contributed by atoms with Crippen molar-refractivity contribution in [2.24, 2.45) is 5.73 Å². The van der Waals surface area contributed by atoms with Gasteiger partial charge in [-0.05, 0) is 0 Å². The predicted molar refractivity (Wildman–Crippen MR) is 42.4 cm³/mol. The van der Waals surface area contributed by atoms with E-state index in [4.69, 9.17) is 5.73 Å². The van der Waals surface area contributed by atoms with E-state index in [1.165, 1.54) is 17.7 Å². The summed E-state index contributed by atoms with van der Waals surface area (Å²) in [6.45, 7) is 0. The van der Waals surface area contributed by atoms with Gasteiger partial charge >= 0.3 is 0 Å². The molecule has 0 saturated carbocycles. The van der Waals surface area contributed by atoms with Gasteiger partial charge in [-0.25, -0.2) is 4.98 Å². The van der Waals surface area contributed by atoms with Crippen molar-refractivity contribution in [2.75, 3.05) is 0 Å². The summed E-state index contributed by atoms with van der Waals surface area (Å²) in [5.41, 5.74) is 5.77. The lowest BCUT2D eigenvalue weighted by atomic mass is 10.3. The summed E-state index contributed by atoms with van der Waals surface area (Å²) in [7, 11) is 0. The van der Waals surface area contributed by atoms with Crippen molar-refractivity contribution in [1.29, 1.82) is 0 Å². The zero-order valence-electron chi connectivity index (χ0n) is 6.04. The average molecular weight is 182 g/mol. The summed E-state index contributed by atoms with van der Waals surface area (Å²) >= 11 is 1.47. The topological polar surface area (TPSA) is 77.8 Å². The highest BCUT2D eigenvalue weighted by Crippen LogP contribution is 2.17. The van der Waals surface area contributed by atoms with Crippen molar-refractivity contribution in [1.82, 2.24) is 15.1 Å². The maximum absolute atomic E-state index is 5.77. The summed E-state index contributed by atoms with van der Waals surface area (Å²) in [5.74, 6) is 0.463. The summed E-state index contributed by atoms with van der Waals surface area (Å²) < 4.78 is 4.57. The molecule has 2 aromatic heterocycles. The molecular formula is C6H6N4OS. The van der Waals surface area contributed by atoms with Crippen LogP contribution in [0.2, 0.25) is 0 Å². The van der Waals surface area contributed by atoms with Gasteiger partial charge < -0.3 is 10.3 Å². The molecule has 6 heteroatoms. The van der Waals surface area contributed by atoms with E-state index < -0.39 is 0 Å². The van der Waals surface area contributed by atoms with Gasteiger partial charge in [0, 0.05) is 11.6 Å². The van der Waals surface area contributed by atoms with Crippen LogP contribution in [0.4, 0.5) is 0 Å². The first-order valence-corrected chi connectivity index (χ1v) is 4.17. The Morgan fingerprint density at radius 3 is 3.00 bits per heavy atom. The molecule has 0 saturated heterocycles. The number of rotatable bonds is 2. The number of hydrogen-bond donors (Lipinski definition) is 1. The lowest BCUT2D eigenvalue weighted by Crippen LogP contribution is -2.12. The van der Waals surface area contributed by atoms with Crippen molar-refractivity contribution >= 4 is 11.3 Å². The molecule has 0 aromatic carbocycles. The van der Waals surface area contributed by atoms with Crippen molar-refractivity contribution in [3.8, 4) is 0 Å². The van der Waals surface area contributed by atoms with Gasteiger partial charge in [0.05, 0.1) is 0 Å². The Balaban J connectivity index is 2.27. The zero-order chi connectivity index (χ0) is 8.39. The third kappa shape index (κ3) is 1.21. The second kappa shape index (κ2) is 3.00. The second-order valence-electron chi connectivity index (χ2n) is 2.14. The molecular weight excluding hydrogens is 176 g/mol. The molecule has 5 nitrogen and oxygen atoms in total. The van der Waals surface area contributed by atoms with E-state index in [1.807, 2.05) is 5.38 Å². The Kier molecular flexibility index (Phi) is 1.84. The minimum Gasteiger partial charge on any atom is -0.343 e. The Bertz CT molecular complexity index is 296. The van der Waals surface area contributed by atoms with Crippen LogP contribution in [0, 0.1) is 0 Å². The van der Waals surface area contributed by atoms with Gasteiger partial charge in [0.25, 0.3) is 0 Å². The molecule has 1 unspecified atom stereocenters. The molecule has 0 spiro atoms. The number of thiazole rings is 1. The molecule has 2 heterocycles. The number of nitrogens with two attached hydrogens (primary N) is 1. The van der Waals surface area contributed by atoms with Gasteiger partial charge in [0.15, 0.2) is 5.82 Å². The first-order chi connectivity index (χ1) is 5.88. The van der Waals surface area contributed by atoms with E-state index in [0.717, 1.165) is 5.01 Å². The van der Waals surface area contributed by atoms with Crippen molar-refractivity contribution in [3.63, 3.8) is 0 Å². The zero-order valence-corrected chi connectivity index (χ0v) is 6.86. The third-order valence-electron chi connectivity index (χ3n) is 1.37. The quantitative estimate of drug-likeness (QED) is 0.734. The van der Waals surface area contributed by atoms with E-state index in [-0.39, 0.29) is 6.04 Å². The fourth-order valence-corrected chi connectivity index (χ4v) is 1.45. The molecule has 2 aromatic rings. The molecule has 0 amide bonds. The molecule has 2 rings (SSSR count). The summed E-state index contributed by atoms with van der Waals surface area (Å²) in [6, 6.07) is -0.372. The van der Waals surface area contributed by atoms with E-state index in [9.17, 15) is 0 Å². The van der Waals surface area contributed by atoms with Crippen LogP contribution in [0.25, 0.3) is 0 Å². The lowest BCUT2D eigenvalue weighted by Gasteiger charge is -1.99. The highest BCUT2D eigenvalue weighted by Gasteiger charge is 2.15. The molecule has 0 aliphatic heterocycles. The van der Waals surface area contributed by atoms with Gasteiger partial charge in [-0.3, -0.25) is 0 Å². The Labute approximate surface area is 72.2 Å². The molecule has 12 heavy (non-hydrogen) atoms. The van der Waals surface area contributed by atoms with Crippen LogP contribution < -0.4 is 5.73 Å². The molecule has 62 valence electrons. The first kappa shape index (κ1) is 7.38. The Morgan fingerprint density at radius 1 is 1.50 bits per heavy atom. The van der Waals surface area contributed by atoms with E-state index in [1.54, 1.807) is 6.20 Å². The highest BCUT2D eigenvalue weighted by atomic mass is 32.1. The average Bonchev–Trinajstić information content (AvgIpc) is 2.77. The fraction of sp³-hybridized carbons (Fsp3) is 0.167. The minimum absolute atomic E-state index is 0.372. The predicted octanol–water partition coefficient (Wildman–Crippen LogP) is 0.574. The third-order valence-corrected chi connectivity index (χ3v) is 2.23. The van der Waals surface area contributed by atoms with Gasteiger partial charge in [0.2, 0.25) is 6.39 Å². The number of hydrogen-bond acceptors (Lipinski definition) is 6. The van der Waals surface area contributed by atoms with E-state index >= 15 is 0 Å². The molecule has 0 fully saturated rings. The largest absolute Gasteiger partial charge is 0.343 e. The van der Waals surface area contributed by atoms with Crippen LogP contribution in [0.3, 0.4) is 0 Å². The normalized spacial score (nSPS) is 13.1. The fourth-order valence-electron chi connectivity index (χ4n) is 0.814. The van der Waals surface area contributed by atoms with Crippen LogP contribution in [0.5, 0.6) is 0 Å². The molecule has 2 N–H and O–H groups in total. The minimum atomic E-state index is -0.372. The second-order valence-corrected chi connectivity index (χ2v) is 3.06. The summed E-state index contributed by atoms with van der Waals surface area (Å²) in [6.07, 6.45) is 2.95. The number of aromatic nitrogens is 3. The van der Waals surface area contributed by atoms with Crippen LogP contribution >= 0.6 is 11.3 Å². The molecule has 0 aliphatic rings. The maximum atomic E-state index is 5.77. The first-order valence-electron chi connectivity index (χ1n) is 3.29.